The monoisotopic (exact) mass is 197 g/mol. The normalized spacial score (nSPS) is 14.4. The molecule has 1 aromatic heterocycles. The van der Waals surface area contributed by atoms with E-state index >= 15 is 0 Å². The zero-order chi connectivity index (χ0) is 10.7. The molecule has 2 unspecified atom stereocenters. The van der Waals surface area contributed by atoms with Gasteiger partial charge in [0.2, 0.25) is 0 Å². The number of nitriles is 1. The van der Waals surface area contributed by atoms with Gasteiger partial charge in [0.15, 0.2) is 6.10 Å². The molecule has 0 spiro atoms. The highest BCUT2D eigenvalue weighted by Crippen LogP contribution is 2.09. The SMILES string of the molecule is N#CC(O)C(O)c1cc(=O)[nH][nH]c1=O. The molecule has 1 rings (SSSR count). The summed E-state index contributed by atoms with van der Waals surface area (Å²) >= 11 is 0. The topological polar surface area (TPSA) is 130 Å². The van der Waals surface area contributed by atoms with Crippen LogP contribution >= 0.6 is 0 Å². The van der Waals surface area contributed by atoms with Crippen LogP contribution in [0.1, 0.15) is 11.7 Å². The van der Waals surface area contributed by atoms with Crippen LogP contribution in [0, 0.1) is 11.3 Å². The van der Waals surface area contributed by atoms with Gasteiger partial charge in [0.25, 0.3) is 11.1 Å². The van der Waals surface area contributed by atoms with E-state index in [9.17, 15) is 14.7 Å². The second-order valence-electron chi connectivity index (χ2n) is 2.56. The van der Waals surface area contributed by atoms with Crippen molar-refractivity contribution in [1.29, 1.82) is 5.26 Å². The van der Waals surface area contributed by atoms with Crippen molar-refractivity contribution in [2.45, 2.75) is 12.2 Å². The number of hydrogen-bond donors (Lipinski definition) is 4. The number of H-pyrrole nitrogens is 2. The van der Waals surface area contributed by atoms with E-state index in [1.54, 1.807) is 0 Å². The molecule has 2 atom stereocenters. The highest BCUT2D eigenvalue weighted by molar-refractivity contribution is 5.14. The molecule has 0 fully saturated rings. The van der Waals surface area contributed by atoms with Crippen molar-refractivity contribution in [2.24, 2.45) is 0 Å². The zero-order valence-corrected chi connectivity index (χ0v) is 6.89. The number of aromatic nitrogens is 2. The minimum Gasteiger partial charge on any atom is -0.384 e. The van der Waals surface area contributed by atoms with E-state index in [4.69, 9.17) is 10.4 Å². The molecule has 0 amide bonds. The lowest BCUT2D eigenvalue weighted by Crippen LogP contribution is -2.28. The summed E-state index contributed by atoms with van der Waals surface area (Å²) < 4.78 is 0. The fourth-order valence-electron chi connectivity index (χ4n) is 0.894. The lowest BCUT2D eigenvalue weighted by molar-refractivity contribution is 0.0516. The number of rotatable bonds is 2. The van der Waals surface area contributed by atoms with E-state index < -0.39 is 23.3 Å². The van der Waals surface area contributed by atoms with Crippen LogP contribution in [-0.4, -0.2) is 26.5 Å². The third-order valence-electron chi connectivity index (χ3n) is 1.60. The van der Waals surface area contributed by atoms with Gasteiger partial charge in [0.1, 0.15) is 6.10 Å². The summed E-state index contributed by atoms with van der Waals surface area (Å²) in [7, 11) is 0. The first-order valence-corrected chi connectivity index (χ1v) is 3.64. The maximum absolute atomic E-state index is 11.0. The summed E-state index contributed by atoms with van der Waals surface area (Å²) in [5.74, 6) is 0. The molecule has 1 aromatic rings. The predicted molar refractivity (Wildman–Crippen MR) is 44.3 cm³/mol. The summed E-state index contributed by atoms with van der Waals surface area (Å²) in [4.78, 5) is 21.8. The van der Waals surface area contributed by atoms with Crippen molar-refractivity contribution < 1.29 is 10.2 Å². The molecule has 0 saturated carbocycles. The van der Waals surface area contributed by atoms with Crippen molar-refractivity contribution in [3.63, 3.8) is 0 Å². The molecule has 14 heavy (non-hydrogen) atoms. The average Bonchev–Trinajstić information content (AvgIpc) is 2.19. The van der Waals surface area contributed by atoms with E-state index in [0.717, 1.165) is 6.07 Å². The second kappa shape index (κ2) is 3.87. The Kier molecular flexibility index (Phi) is 2.81. The molecule has 0 aliphatic rings. The summed E-state index contributed by atoms with van der Waals surface area (Å²) in [5, 5.41) is 30.4. The largest absolute Gasteiger partial charge is 0.384 e. The third kappa shape index (κ3) is 1.87. The van der Waals surface area contributed by atoms with Gasteiger partial charge in [-0.2, -0.15) is 5.26 Å². The van der Waals surface area contributed by atoms with E-state index in [0.29, 0.717) is 0 Å². The van der Waals surface area contributed by atoms with Crippen LogP contribution in [0.4, 0.5) is 0 Å². The van der Waals surface area contributed by atoms with Crippen LogP contribution in [-0.2, 0) is 0 Å². The molecule has 0 aliphatic heterocycles. The Morgan fingerprint density at radius 1 is 1.36 bits per heavy atom. The molecule has 4 N–H and O–H groups in total. The lowest BCUT2D eigenvalue weighted by Gasteiger charge is -2.09. The maximum atomic E-state index is 11.0. The Labute approximate surface area is 77.2 Å². The van der Waals surface area contributed by atoms with Crippen LogP contribution in [0.5, 0.6) is 0 Å². The average molecular weight is 197 g/mol. The zero-order valence-electron chi connectivity index (χ0n) is 6.89. The molecular formula is C7H7N3O4. The van der Waals surface area contributed by atoms with Crippen LogP contribution < -0.4 is 11.1 Å². The van der Waals surface area contributed by atoms with Gasteiger partial charge >= 0.3 is 0 Å². The van der Waals surface area contributed by atoms with Gasteiger partial charge in [-0.25, -0.2) is 0 Å². The fourth-order valence-corrected chi connectivity index (χ4v) is 0.894. The Morgan fingerprint density at radius 2 is 2.00 bits per heavy atom. The Balaban J connectivity index is 3.20. The lowest BCUT2D eigenvalue weighted by atomic mass is 10.1. The van der Waals surface area contributed by atoms with Gasteiger partial charge in [-0.15, -0.1) is 0 Å². The molecule has 0 bridgehead atoms. The quantitative estimate of drug-likeness (QED) is 0.406. The van der Waals surface area contributed by atoms with E-state index in [1.807, 2.05) is 10.2 Å². The Morgan fingerprint density at radius 3 is 2.57 bits per heavy atom. The highest BCUT2D eigenvalue weighted by atomic mass is 16.3. The fraction of sp³-hybridized carbons (Fsp3) is 0.286. The molecule has 7 nitrogen and oxygen atoms in total. The minimum absolute atomic E-state index is 0.345. The van der Waals surface area contributed by atoms with Crippen LogP contribution in [0.2, 0.25) is 0 Å². The molecule has 74 valence electrons. The number of aliphatic hydroxyl groups is 2. The third-order valence-corrected chi connectivity index (χ3v) is 1.60. The van der Waals surface area contributed by atoms with Crippen LogP contribution in [0.3, 0.4) is 0 Å². The van der Waals surface area contributed by atoms with Crippen molar-refractivity contribution in [2.75, 3.05) is 0 Å². The van der Waals surface area contributed by atoms with E-state index in [1.165, 1.54) is 6.07 Å². The Hall–Kier alpha value is -1.91. The summed E-state index contributed by atoms with van der Waals surface area (Å²) in [6.45, 7) is 0. The molecule has 0 aromatic carbocycles. The molecule has 0 aliphatic carbocycles. The number of aliphatic hydroxyl groups excluding tert-OH is 2. The van der Waals surface area contributed by atoms with Gasteiger partial charge in [0.05, 0.1) is 11.6 Å². The first-order valence-electron chi connectivity index (χ1n) is 3.64. The summed E-state index contributed by atoms with van der Waals surface area (Å²) in [6.07, 6.45) is -3.43. The molecule has 0 radical (unpaired) electrons. The summed E-state index contributed by atoms with van der Waals surface area (Å²) in [6, 6.07) is 2.17. The second-order valence-corrected chi connectivity index (χ2v) is 2.56. The highest BCUT2D eigenvalue weighted by Gasteiger charge is 2.20. The van der Waals surface area contributed by atoms with Crippen molar-refractivity contribution in [3.05, 3.63) is 32.3 Å². The minimum atomic E-state index is -1.74. The predicted octanol–water partition coefficient (Wildman–Crippen LogP) is -2.02. The van der Waals surface area contributed by atoms with Crippen molar-refractivity contribution in [3.8, 4) is 6.07 Å². The maximum Gasteiger partial charge on any atom is 0.268 e. The van der Waals surface area contributed by atoms with Gasteiger partial charge in [-0.05, 0) is 0 Å². The van der Waals surface area contributed by atoms with Crippen LogP contribution in [0.25, 0.3) is 0 Å². The van der Waals surface area contributed by atoms with Gasteiger partial charge < -0.3 is 10.2 Å². The number of nitrogens with zero attached hydrogens (tertiary/aromatic N) is 1. The van der Waals surface area contributed by atoms with Gasteiger partial charge in [-0.1, -0.05) is 0 Å². The van der Waals surface area contributed by atoms with E-state index in [2.05, 4.69) is 0 Å². The number of nitrogens with one attached hydrogen (secondary N) is 2. The smallest absolute Gasteiger partial charge is 0.268 e. The number of hydrogen-bond acceptors (Lipinski definition) is 5. The van der Waals surface area contributed by atoms with Crippen molar-refractivity contribution in [1.82, 2.24) is 10.2 Å². The van der Waals surface area contributed by atoms with Gasteiger partial charge in [-0.3, -0.25) is 19.8 Å². The molecular weight excluding hydrogens is 190 g/mol. The first kappa shape index (κ1) is 10.2. The first-order chi connectivity index (χ1) is 6.56. The van der Waals surface area contributed by atoms with Crippen molar-refractivity contribution >= 4 is 0 Å². The summed E-state index contributed by atoms with van der Waals surface area (Å²) in [5.41, 5.74) is -1.74. The number of aromatic amines is 2. The molecule has 7 heteroatoms. The molecule has 0 saturated heterocycles. The standard InChI is InChI=1S/C7H7N3O4/c8-2-4(11)6(13)3-1-5(12)9-10-7(3)14/h1,4,6,11,13H,(H,9,12)(H,10,14). The Bertz CT molecular complexity index is 469. The van der Waals surface area contributed by atoms with Gasteiger partial charge in [0, 0.05) is 6.07 Å². The molecule has 1 heterocycles. The van der Waals surface area contributed by atoms with Crippen LogP contribution in [0.15, 0.2) is 15.7 Å². The van der Waals surface area contributed by atoms with E-state index in [-0.39, 0.29) is 5.56 Å².